The Morgan fingerprint density at radius 3 is 1.12 bits per heavy atom. The average molecular weight is 755 g/mol. The van der Waals surface area contributed by atoms with Crippen LogP contribution >= 0.6 is 0 Å². The lowest BCUT2D eigenvalue weighted by Crippen LogP contribution is -2.51. The van der Waals surface area contributed by atoms with Gasteiger partial charge in [0.15, 0.2) is 0 Å². The summed E-state index contributed by atoms with van der Waals surface area (Å²) in [5.41, 5.74) is 8.53. The van der Waals surface area contributed by atoms with E-state index in [0.29, 0.717) is 0 Å². The molecule has 0 saturated carbocycles. The number of nitrogens with zero attached hydrogens (tertiary/aromatic N) is 4. The third-order valence-electron chi connectivity index (χ3n) is 11.9. The molecule has 2 aromatic heterocycles. The Kier molecular flexibility index (Phi) is 9.53. The van der Waals surface area contributed by atoms with Crippen molar-refractivity contribution in [2.45, 2.75) is 129 Å². The lowest BCUT2D eigenvalue weighted by Gasteiger charge is -2.45. The molecule has 1 aliphatic rings. The van der Waals surface area contributed by atoms with E-state index in [4.69, 9.17) is 9.97 Å². The van der Waals surface area contributed by atoms with Crippen LogP contribution in [0.4, 0.5) is 0 Å². The molecule has 0 bridgehead atoms. The highest BCUT2D eigenvalue weighted by molar-refractivity contribution is 5.77. The van der Waals surface area contributed by atoms with Crippen LogP contribution in [0.3, 0.4) is 0 Å². The van der Waals surface area contributed by atoms with Gasteiger partial charge in [0, 0.05) is 25.2 Å². The molecule has 0 amide bonds. The van der Waals surface area contributed by atoms with Gasteiger partial charge in [0.2, 0.25) is 0 Å². The fourth-order valence-corrected chi connectivity index (χ4v) is 8.44. The normalized spacial score (nSPS) is 20.0. The first-order valence-electron chi connectivity index (χ1n) is 20.1. The van der Waals surface area contributed by atoms with Crippen LogP contribution in [0, 0.1) is 0 Å². The van der Waals surface area contributed by atoms with Gasteiger partial charge in [0.25, 0.3) is 0 Å². The van der Waals surface area contributed by atoms with E-state index in [-0.39, 0.29) is 33.2 Å². The number of hydrogen-bond acceptors (Lipinski definition) is 6. The highest BCUT2D eigenvalue weighted by atomic mass is 16.3. The van der Waals surface area contributed by atoms with Crippen LogP contribution in [0.25, 0.3) is 22.1 Å². The smallest absolute Gasteiger partial charge is 0.128 e. The van der Waals surface area contributed by atoms with Crippen LogP contribution in [0.2, 0.25) is 0 Å². The topological polar surface area (TPSA) is 100 Å². The van der Waals surface area contributed by atoms with Gasteiger partial charge in [-0.2, -0.15) is 0 Å². The van der Waals surface area contributed by atoms with Crippen LogP contribution in [-0.2, 0) is 35.8 Å². The minimum Gasteiger partial charge on any atom is -0.507 e. The van der Waals surface area contributed by atoms with Crippen molar-refractivity contribution in [3.8, 4) is 11.5 Å². The van der Waals surface area contributed by atoms with Crippen molar-refractivity contribution < 1.29 is 10.2 Å². The van der Waals surface area contributed by atoms with Crippen molar-refractivity contribution in [1.82, 2.24) is 29.7 Å². The van der Waals surface area contributed by atoms with Crippen LogP contribution in [0.1, 0.15) is 152 Å². The molecule has 8 heteroatoms. The maximum Gasteiger partial charge on any atom is 0.128 e. The molecule has 1 fully saturated rings. The Labute approximate surface area is 333 Å². The lowest BCUT2D eigenvalue weighted by atomic mass is 9.75. The van der Waals surface area contributed by atoms with Crippen LogP contribution in [-0.4, -0.2) is 29.3 Å². The molecule has 4 N–H and O–H groups in total. The maximum atomic E-state index is 12.5. The van der Waals surface area contributed by atoms with Gasteiger partial charge in [-0.15, -0.1) is 0 Å². The van der Waals surface area contributed by atoms with Crippen molar-refractivity contribution >= 4 is 22.1 Å². The average Bonchev–Trinajstić information content (AvgIpc) is 3.62. The van der Waals surface area contributed by atoms with Gasteiger partial charge in [-0.3, -0.25) is 10.6 Å². The highest BCUT2D eigenvalue weighted by Crippen LogP contribution is 2.51. The summed E-state index contributed by atoms with van der Waals surface area (Å²) in [7, 11) is 4.13. The van der Waals surface area contributed by atoms with Crippen molar-refractivity contribution in [3.05, 3.63) is 118 Å². The molecule has 0 spiro atoms. The Morgan fingerprint density at radius 2 is 0.821 bits per heavy atom. The summed E-state index contributed by atoms with van der Waals surface area (Å²) in [6.45, 7) is 26.3. The second kappa shape index (κ2) is 13.5. The predicted molar refractivity (Wildman–Crippen MR) is 230 cm³/mol. The molecule has 4 atom stereocenters. The SMILES string of the molecule is Cn1c(C2NC(c3cc(C(C)(C)C)cc(C(C)(C)C)c3O)C(c3nc4ccccc4n3C)NC2c2cc(C(C)(C)C)cc(C(C)(C)C)c2O)nc2ccccc21. The number of phenols is 2. The van der Waals surface area contributed by atoms with E-state index in [0.717, 1.165) is 67.1 Å². The summed E-state index contributed by atoms with van der Waals surface area (Å²) < 4.78 is 4.32. The number of aromatic hydroxyl groups is 2. The Hall–Kier alpha value is -4.66. The highest BCUT2D eigenvalue weighted by Gasteiger charge is 2.46. The number of rotatable bonds is 4. The van der Waals surface area contributed by atoms with Gasteiger partial charge >= 0.3 is 0 Å². The van der Waals surface area contributed by atoms with Gasteiger partial charge in [0.1, 0.15) is 23.1 Å². The molecule has 3 heterocycles. The van der Waals surface area contributed by atoms with Gasteiger partial charge < -0.3 is 19.3 Å². The molecule has 0 aliphatic carbocycles. The standard InChI is InChI=1S/C48H62N6O2/c1-45(2,3)27-23-29(41(55)31(25-27)47(7,8)9)37-39(43-49-33-19-15-17-21-35(33)53(43)13)52-38(40(51-37)44-50-34-20-16-18-22-36(34)54(44)14)30-24-28(46(4,5)6)26-32(42(30)56)48(10,11)12/h15-26,37-40,51-52,55-56H,1-14H3. The number of aromatic nitrogens is 4. The second-order valence-electron chi connectivity index (χ2n) is 20.2. The van der Waals surface area contributed by atoms with E-state index in [9.17, 15) is 10.2 Å². The summed E-state index contributed by atoms with van der Waals surface area (Å²) in [6, 6.07) is 23.4. The van der Waals surface area contributed by atoms with E-state index < -0.39 is 24.2 Å². The quantitative estimate of drug-likeness (QED) is 0.143. The van der Waals surface area contributed by atoms with Crippen molar-refractivity contribution in [1.29, 1.82) is 0 Å². The van der Waals surface area contributed by atoms with Gasteiger partial charge in [-0.05, 0) is 80.3 Å². The first kappa shape index (κ1) is 39.6. The number of imidazole rings is 2. The molecule has 4 unspecified atom stereocenters. The zero-order chi connectivity index (χ0) is 40.9. The molecule has 4 aromatic carbocycles. The lowest BCUT2D eigenvalue weighted by molar-refractivity contribution is 0.190. The van der Waals surface area contributed by atoms with Crippen LogP contribution in [0.5, 0.6) is 11.5 Å². The number of benzene rings is 4. The Balaban J connectivity index is 1.56. The molecular formula is C48H62N6O2. The van der Waals surface area contributed by atoms with E-state index in [1.54, 1.807) is 0 Å². The number of piperazine rings is 1. The molecule has 0 radical (unpaired) electrons. The maximum absolute atomic E-state index is 12.5. The summed E-state index contributed by atoms with van der Waals surface area (Å²) >= 11 is 0. The Morgan fingerprint density at radius 1 is 0.482 bits per heavy atom. The predicted octanol–water partition coefficient (Wildman–Crippen LogP) is 10.5. The molecule has 1 saturated heterocycles. The fourth-order valence-electron chi connectivity index (χ4n) is 8.44. The summed E-state index contributed by atoms with van der Waals surface area (Å²) in [5.74, 6) is 2.22. The number of para-hydroxylation sites is 4. The van der Waals surface area contributed by atoms with Gasteiger partial charge in [0.05, 0.1) is 46.2 Å². The molecule has 8 nitrogen and oxygen atoms in total. The van der Waals surface area contributed by atoms with Crippen LogP contribution < -0.4 is 10.6 Å². The van der Waals surface area contributed by atoms with Gasteiger partial charge in [-0.25, -0.2) is 9.97 Å². The summed E-state index contributed by atoms with van der Waals surface area (Å²) in [5, 5.41) is 33.2. The van der Waals surface area contributed by atoms with Crippen molar-refractivity contribution in [2.24, 2.45) is 14.1 Å². The van der Waals surface area contributed by atoms with Gasteiger partial charge in [-0.1, -0.05) is 119 Å². The second-order valence-corrected chi connectivity index (χ2v) is 20.2. The minimum absolute atomic E-state index is 0.181. The number of fused-ring (bicyclic) bond motifs is 2. The molecule has 7 rings (SSSR count). The third kappa shape index (κ3) is 6.89. The molecule has 6 aromatic rings. The molecule has 296 valence electrons. The number of aryl methyl sites for hydroxylation is 2. The monoisotopic (exact) mass is 754 g/mol. The molecular weight excluding hydrogens is 693 g/mol. The minimum atomic E-state index is -0.454. The zero-order valence-electron chi connectivity index (χ0n) is 35.9. The fraction of sp³-hybridized carbons (Fsp3) is 0.458. The summed E-state index contributed by atoms with van der Waals surface area (Å²) in [6.07, 6.45) is 0. The van der Waals surface area contributed by atoms with E-state index in [2.05, 4.69) is 153 Å². The first-order chi connectivity index (χ1) is 26.0. The third-order valence-corrected chi connectivity index (χ3v) is 11.9. The molecule has 1 aliphatic heterocycles. The van der Waals surface area contributed by atoms with Crippen molar-refractivity contribution in [3.63, 3.8) is 0 Å². The number of nitrogens with one attached hydrogen (secondary N) is 2. The largest absolute Gasteiger partial charge is 0.507 e. The van der Waals surface area contributed by atoms with E-state index in [1.165, 1.54) is 0 Å². The Bertz CT molecular complexity index is 2270. The summed E-state index contributed by atoms with van der Waals surface area (Å²) in [4.78, 5) is 10.6. The molecule has 56 heavy (non-hydrogen) atoms. The number of hydrogen-bond donors (Lipinski definition) is 4. The first-order valence-corrected chi connectivity index (χ1v) is 20.1. The van der Waals surface area contributed by atoms with E-state index >= 15 is 0 Å². The van der Waals surface area contributed by atoms with Crippen LogP contribution in [0.15, 0.2) is 72.8 Å². The van der Waals surface area contributed by atoms with E-state index in [1.807, 2.05) is 36.4 Å². The zero-order valence-corrected chi connectivity index (χ0v) is 35.9. The van der Waals surface area contributed by atoms with Crippen molar-refractivity contribution in [2.75, 3.05) is 0 Å². The number of phenolic OH excluding ortho intramolecular Hbond substituents is 2.